The van der Waals surface area contributed by atoms with Crippen LogP contribution in [0.5, 0.6) is 0 Å². The normalized spacial score (nSPS) is 11.8. The second-order valence-corrected chi connectivity index (χ2v) is 5.45. The smallest absolute Gasteiger partial charge is 0.153 e. The van der Waals surface area contributed by atoms with E-state index in [1.165, 1.54) is 6.07 Å². The van der Waals surface area contributed by atoms with Crippen LogP contribution >= 0.6 is 11.6 Å². The summed E-state index contributed by atoms with van der Waals surface area (Å²) < 4.78 is 20.6. The number of fused-ring (bicyclic) bond motifs is 1. The first kappa shape index (κ1) is 19.0. The standard InChI is InChI=1S/C18H16ClFN2O.C2H6/c1-3-5-11(6-4-2)17-15(18-21-9-10-22-18)14-13(23-17)8-7-12(19)16(14)20;1-2/h3,5-10H,4H2,1-2H3,(H,21,22);1-2H3/b5-3-,11-6+;. The van der Waals surface area contributed by atoms with Crippen LogP contribution in [0.3, 0.4) is 0 Å². The molecule has 0 amide bonds. The minimum atomic E-state index is -0.498. The van der Waals surface area contributed by atoms with E-state index in [0.29, 0.717) is 28.1 Å². The van der Waals surface area contributed by atoms with Crippen LogP contribution < -0.4 is 0 Å². The minimum absolute atomic E-state index is 0.0599. The first-order valence-electron chi connectivity index (χ1n) is 8.40. The highest BCUT2D eigenvalue weighted by molar-refractivity contribution is 6.31. The maximum Gasteiger partial charge on any atom is 0.153 e. The van der Waals surface area contributed by atoms with Crippen LogP contribution in [0.15, 0.2) is 47.2 Å². The Kier molecular flexibility index (Phi) is 6.59. The topological polar surface area (TPSA) is 41.8 Å². The third-order valence-corrected chi connectivity index (χ3v) is 3.81. The van der Waals surface area contributed by atoms with E-state index in [1.807, 2.05) is 45.9 Å². The maximum atomic E-state index is 14.6. The van der Waals surface area contributed by atoms with Crippen molar-refractivity contribution in [2.24, 2.45) is 0 Å². The molecular formula is C20H22ClFN2O. The van der Waals surface area contributed by atoms with Gasteiger partial charge in [-0.3, -0.25) is 0 Å². The molecule has 0 saturated heterocycles. The minimum Gasteiger partial charge on any atom is -0.455 e. The van der Waals surface area contributed by atoms with Gasteiger partial charge in [0.2, 0.25) is 0 Å². The zero-order valence-corrected chi connectivity index (χ0v) is 15.6. The number of rotatable bonds is 4. The van der Waals surface area contributed by atoms with Crippen molar-refractivity contribution in [3.63, 3.8) is 0 Å². The molecule has 0 unspecified atom stereocenters. The van der Waals surface area contributed by atoms with Crippen molar-refractivity contribution in [2.45, 2.75) is 34.1 Å². The van der Waals surface area contributed by atoms with Crippen LogP contribution in [0, 0.1) is 5.82 Å². The van der Waals surface area contributed by atoms with Crippen molar-refractivity contribution < 1.29 is 8.81 Å². The summed E-state index contributed by atoms with van der Waals surface area (Å²) in [5.41, 5.74) is 1.91. The lowest BCUT2D eigenvalue weighted by Crippen LogP contribution is -1.88. The summed E-state index contributed by atoms with van der Waals surface area (Å²) in [6.45, 7) is 7.96. The zero-order valence-electron chi connectivity index (χ0n) is 14.9. The molecule has 0 spiro atoms. The van der Waals surface area contributed by atoms with E-state index in [4.69, 9.17) is 16.0 Å². The van der Waals surface area contributed by atoms with Crippen LogP contribution in [0.1, 0.15) is 39.9 Å². The average molecular weight is 361 g/mol. The number of H-pyrrole nitrogens is 1. The summed E-state index contributed by atoms with van der Waals surface area (Å²) in [5.74, 6) is 0.629. The van der Waals surface area contributed by atoms with Crippen LogP contribution in [0.4, 0.5) is 4.39 Å². The second kappa shape index (κ2) is 8.67. The highest BCUT2D eigenvalue weighted by atomic mass is 35.5. The summed E-state index contributed by atoms with van der Waals surface area (Å²) in [5, 5.41) is 0.402. The van der Waals surface area contributed by atoms with E-state index < -0.39 is 5.82 Å². The molecule has 0 aliphatic heterocycles. The fraction of sp³-hybridized carbons (Fsp3) is 0.250. The molecule has 0 bridgehead atoms. The molecule has 2 heterocycles. The fourth-order valence-electron chi connectivity index (χ4n) is 2.59. The van der Waals surface area contributed by atoms with Crippen molar-refractivity contribution in [1.82, 2.24) is 9.97 Å². The fourth-order valence-corrected chi connectivity index (χ4v) is 2.75. The Morgan fingerprint density at radius 2 is 2.12 bits per heavy atom. The lowest BCUT2D eigenvalue weighted by molar-refractivity contribution is 0.598. The molecule has 1 aromatic carbocycles. The monoisotopic (exact) mass is 360 g/mol. The SMILES string of the molecule is C/C=C\C(=C/CC)c1oc2ccc(Cl)c(F)c2c1-c1ncc[nH]1.CC. The highest BCUT2D eigenvalue weighted by Crippen LogP contribution is 2.40. The number of nitrogens with one attached hydrogen (secondary N) is 1. The van der Waals surface area contributed by atoms with Gasteiger partial charge >= 0.3 is 0 Å². The van der Waals surface area contributed by atoms with Crippen molar-refractivity contribution in [3.05, 3.63) is 59.4 Å². The Morgan fingerprint density at radius 1 is 1.36 bits per heavy atom. The van der Waals surface area contributed by atoms with Gasteiger partial charge in [-0.2, -0.15) is 0 Å². The van der Waals surface area contributed by atoms with Crippen LogP contribution in [0.25, 0.3) is 27.9 Å². The summed E-state index contributed by atoms with van der Waals surface area (Å²) in [7, 11) is 0. The lowest BCUT2D eigenvalue weighted by Gasteiger charge is -2.02. The number of benzene rings is 1. The van der Waals surface area contributed by atoms with E-state index >= 15 is 0 Å². The summed E-state index contributed by atoms with van der Waals surface area (Å²) in [6, 6.07) is 3.17. The zero-order chi connectivity index (χ0) is 18.4. The number of aromatic amines is 1. The number of hydrogen-bond donors (Lipinski definition) is 1. The van der Waals surface area contributed by atoms with Crippen molar-refractivity contribution in [2.75, 3.05) is 0 Å². The number of nitrogens with zero attached hydrogens (tertiary/aromatic N) is 1. The first-order chi connectivity index (χ1) is 12.2. The van der Waals surface area contributed by atoms with Gasteiger partial charge in [0.05, 0.1) is 16.0 Å². The molecule has 0 atom stereocenters. The van der Waals surface area contributed by atoms with Crippen LogP contribution in [-0.2, 0) is 0 Å². The van der Waals surface area contributed by atoms with Crippen LogP contribution in [-0.4, -0.2) is 9.97 Å². The van der Waals surface area contributed by atoms with Crippen molar-refractivity contribution >= 4 is 28.1 Å². The molecule has 3 nitrogen and oxygen atoms in total. The Morgan fingerprint density at radius 3 is 2.72 bits per heavy atom. The van der Waals surface area contributed by atoms with Gasteiger partial charge in [-0.25, -0.2) is 9.37 Å². The first-order valence-corrected chi connectivity index (χ1v) is 8.78. The van der Waals surface area contributed by atoms with E-state index in [1.54, 1.807) is 18.5 Å². The van der Waals surface area contributed by atoms with Crippen LogP contribution in [0.2, 0.25) is 5.02 Å². The molecule has 0 fully saturated rings. The largest absolute Gasteiger partial charge is 0.455 e. The average Bonchev–Trinajstić information content (AvgIpc) is 3.27. The predicted octanol–water partition coefficient (Wildman–Crippen LogP) is 7.01. The molecule has 5 heteroatoms. The number of aromatic nitrogens is 2. The molecule has 3 aromatic rings. The Bertz CT molecular complexity index is 892. The van der Waals surface area contributed by atoms with Gasteiger partial charge in [0.1, 0.15) is 17.2 Å². The molecule has 0 aliphatic carbocycles. The van der Waals surface area contributed by atoms with E-state index in [0.717, 1.165) is 12.0 Å². The molecule has 1 N–H and O–H groups in total. The third kappa shape index (κ3) is 3.69. The van der Waals surface area contributed by atoms with Crippen molar-refractivity contribution in [1.29, 1.82) is 0 Å². The molecule has 2 aromatic heterocycles. The molecule has 132 valence electrons. The van der Waals surface area contributed by atoms with Gasteiger partial charge in [-0.1, -0.05) is 50.6 Å². The lowest BCUT2D eigenvalue weighted by atomic mass is 10.0. The molecule has 0 aliphatic rings. The van der Waals surface area contributed by atoms with Crippen molar-refractivity contribution in [3.8, 4) is 11.4 Å². The Hall–Kier alpha value is -2.33. The van der Waals surface area contributed by atoms with E-state index in [9.17, 15) is 4.39 Å². The molecular weight excluding hydrogens is 339 g/mol. The van der Waals surface area contributed by atoms with Gasteiger partial charge in [0, 0.05) is 18.0 Å². The molecule has 25 heavy (non-hydrogen) atoms. The van der Waals surface area contributed by atoms with Gasteiger partial charge < -0.3 is 9.40 Å². The molecule has 0 radical (unpaired) electrons. The number of hydrogen-bond acceptors (Lipinski definition) is 2. The summed E-state index contributed by atoms with van der Waals surface area (Å²) in [4.78, 5) is 7.29. The van der Waals surface area contributed by atoms with E-state index in [2.05, 4.69) is 9.97 Å². The summed E-state index contributed by atoms with van der Waals surface area (Å²) >= 11 is 5.96. The summed E-state index contributed by atoms with van der Waals surface area (Å²) in [6.07, 6.45) is 10.0. The molecule has 3 rings (SSSR count). The third-order valence-electron chi connectivity index (χ3n) is 3.51. The Labute approximate surface area is 152 Å². The number of allylic oxidation sites excluding steroid dienone is 4. The number of halogens is 2. The number of imidazole rings is 1. The van der Waals surface area contributed by atoms with Gasteiger partial charge in [-0.05, 0) is 25.5 Å². The molecule has 0 saturated carbocycles. The predicted molar refractivity (Wildman–Crippen MR) is 103 cm³/mol. The quantitative estimate of drug-likeness (QED) is 0.508. The maximum absolute atomic E-state index is 14.6. The highest BCUT2D eigenvalue weighted by Gasteiger charge is 2.23. The van der Waals surface area contributed by atoms with Gasteiger partial charge in [-0.15, -0.1) is 0 Å². The Balaban J connectivity index is 0.00000109. The number of furan rings is 1. The second-order valence-electron chi connectivity index (χ2n) is 5.05. The van der Waals surface area contributed by atoms with Gasteiger partial charge in [0.25, 0.3) is 0 Å². The van der Waals surface area contributed by atoms with Gasteiger partial charge in [0.15, 0.2) is 5.82 Å². The van der Waals surface area contributed by atoms with E-state index in [-0.39, 0.29) is 5.02 Å².